The van der Waals surface area contributed by atoms with E-state index < -0.39 is 17.6 Å². The summed E-state index contributed by atoms with van der Waals surface area (Å²) in [6.07, 6.45) is -2.24. The van der Waals surface area contributed by atoms with Crippen molar-refractivity contribution in [2.24, 2.45) is 11.7 Å². The lowest BCUT2D eigenvalue weighted by atomic mass is 10.00. The summed E-state index contributed by atoms with van der Waals surface area (Å²) < 4.78 is 37.5. The van der Waals surface area contributed by atoms with Crippen LogP contribution in [0, 0.1) is 5.92 Å². The Morgan fingerprint density at radius 1 is 1.22 bits per heavy atom. The Bertz CT molecular complexity index is 275. The molecule has 0 radical (unpaired) electrons. The molecule has 0 aromatic rings. The molecule has 0 aliphatic carbocycles. The van der Waals surface area contributed by atoms with Crippen molar-refractivity contribution in [3.63, 3.8) is 0 Å². The number of hydrogen-bond donors (Lipinski definition) is 2. The first kappa shape index (κ1) is 17.2. The van der Waals surface area contributed by atoms with Crippen LogP contribution in [-0.2, 0) is 4.79 Å². The standard InChI is InChI=1S/C12H23F3N2O/c1-8(2)6-5-7-9(3)17-10(18)11(4,16)12(13,14)15/h8-9H,5-7,16H2,1-4H3,(H,17,18). The van der Waals surface area contributed by atoms with Crippen LogP contribution in [0.15, 0.2) is 0 Å². The van der Waals surface area contributed by atoms with Crippen LogP contribution in [0.3, 0.4) is 0 Å². The fourth-order valence-electron chi connectivity index (χ4n) is 1.41. The summed E-state index contributed by atoms with van der Waals surface area (Å²) in [5.41, 5.74) is 2.19. The molecule has 0 aliphatic rings. The quantitative estimate of drug-likeness (QED) is 0.778. The number of nitrogens with one attached hydrogen (secondary N) is 1. The van der Waals surface area contributed by atoms with E-state index in [0.29, 0.717) is 19.3 Å². The van der Waals surface area contributed by atoms with Gasteiger partial charge in [0.2, 0.25) is 5.91 Å². The molecule has 0 saturated carbocycles. The van der Waals surface area contributed by atoms with Crippen molar-refractivity contribution in [1.29, 1.82) is 0 Å². The van der Waals surface area contributed by atoms with Gasteiger partial charge in [-0.05, 0) is 26.2 Å². The first-order valence-electron chi connectivity index (χ1n) is 6.15. The van der Waals surface area contributed by atoms with Gasteiger partial charge in [0, 0.05) is 6.04 Å². The molecule has 0 heterocycles. The maximum Gasteiger partial charge on any atom is 0.415 e. The topological polar surface area (TPSA) is 55.1 Å². The molecular weight excluding hydrogens is 245 g/mol. The zero-order valence-corrected chi connectivity index (χ0v) is 11.4. The summed E-state index contributed by atoms with van der Waals surface area (Å²) in [5.74, 6) is -0.630. The zero-order chi connectivity index (χ0) is 14.6. The van der Waals surface area contributed by atoms with Gasteiger partial charge in [0.25, 0.3) is 0 Å². The molecule has 2 atom stereocenters. The molecule has 0 saturated heterocycles. The maximum atomic E-state index is 12.5. The number of carbonyl (C=O) groups excluding carboxylic acids is 1. The zero-order valence-electron chi connectivity index (χ0n) is 11.4. The number of alkyl halides is 3. The molecule has 0 aliphatic heterocycles. The third-order valence-corrected chi connectivity index (χ3v) is 2.86. The Morgan fingerprint density at radius 2 is 1.72 bits per heavy atom. The molecule has 0 fully saturated rings. The Balaban J connectivity index is 4.23. The Morgan fingerprint density at radius 3 is 2.11 bits per heavy atom. The van der Waals surface area contributed by atoms with Gasteiger partial charge in [0.15, 0.2) is 5.54 Å². The van der Waals surface area contributed by atoms with Crippen molar-refractivity contribution in [2.45, 2.75) is 64.7 Å². The van der Waals surface area contributed by atoms with E-state index in [9.17, 15) is 18.0 Å². The van der Waals surface area contributed by atoms with E-state index in [1.54, 1.807) is 6.92 Å². The lowest BCUT2D eigenvalue weighted by molar-refractivity contribution is -0.187. The SMILES string of the molecule is CC(C)CCCC(C)NC(=O)C(C)(N)C(F)(F)F. The fraction of sp³-hybridized carbons (Fsp3) is 0.917. The van der Waals surface area contributed by atoms with Crippen LogP contribution in [-0.4, -0.2) is 23.7 Å². The lowest BCUT2D eigenvalue weighted by Crippen LogP contribution is -2.62. The Hall–Kier alpha value is -0.780. The van der Waals surface area contributed by atoms with Gasteiger partial charge in [-0.3, -0.25) is 4.79 Å². The average molecular weight is 268 g/mol. The van der Waals surface area contributed by atoms with Crippen LogP contribution in [0.25, 0.3) is 0 Å². The third-order valence-electron chi connectivity index (χ3n) is 2.86. The molecule has 0 aromatic heterocycles. The minimum Gasteiger partial charge on any atom is -0.352 e. The number of rotatable bonds is 6. The fourth-order valence-corrected chi connectivity index (χ4v) is 1.41. The van der Waals surface area contributed by atoms with Gasteiger partial charge in [0.1, 0.15) is 0 Å². The predicted octanol–water partition coefficient (Wildman–Crippen LogP) is 2.60. The highest BCUT2D eigenvalue weighted by Crippen LogP contribution is 2.28. The summed E-state index contributed by atoms with van der Waals surface area (Å²) in [6, 6.07) is -0.304. The van der Waals surface area contributed by atoms with Crippen molar-refractivity contribution in [2.75, 3.05) is 0 Å². The molecule has 6 heteroatoms. The molecule has 0 rings (SSSR count). The van der Waals surface area contributed by atoms with Gasteiger partial charge in [0.05, 0.1) is 0 Å². The van der Waals surface area contributed by atoms with Crippen LogP contribution < -0.4 is 11.1 Å². The second kappa shape index (κ2) is 6.41. The van der Waals surface area contributed by atoms with E-state index in [1.807, 2.05) is 0 Å². The minimum atomic E-state index is -4.74. The Labute approximate surface area is 106 Å². The van der Waals surface area contributed by atoms with E-state index >= 15 is 0 Å². The van der Waals surface area contributed by atoms with E-state index in [1.165, 1.54) is 0 Å². The van der Waals surface area contributed by atoms with Crippen molar-refractivity contribution in [3.05, 3.63) is 0 Å². The second-order valence-electron chi connectivity index (χ2n) is 5.40. The molecule has 1 amide bonds. The normalized spacial score (nSPS) is 17.4. The molecular formula is C12H23F3N2O. The van der Waals surface area contributed by atoms with Gasteiger partial charge in [-0.2, -0.15) is 13.2 Å². The van der Waals surface area contributed by atoms with Gasteiger partial charge >= 0.3 is 6.18 Å². The van der Waals surface area contributed by atoms with Crippen molar-refractivity contribution in [1.82, 2.24) is 5.32 Å². The van der Waals surface area contributed by atoms with Crippen LogP contribution in [0.2, 0.25) is 0 Å². The van der Waals surface area contributed by atoms with E-state index in [-0.39, 0.29) is 6.04 Å². The van der Waals surface area contributed by atoms with Crippen LogP contribution in [0.5, 0.6) is 0 Å². The molecule has 2 unspecified atom stereocenters. The summed E-state index contributed by atoms with van der Waals surface area (Å²) in [7, 11) is 0. The van der Waals surface area contributed by atoms with Crippen LogP contribution in [0.4, 0.5) is 13.2 Å². The molecule has 0 bridgehead atoms. The smallest absolute Gasteiger partial charge is 0.352 e. The first-order valence-corrected chi connectivity index (χ1v) is 6.15. The Kier molecular flexibility index (Phi) is 6.13. The highest BCUT2D eigenvalue weighted by molar-refractivity contribution is 5.86. The minimum absolute atomic E-state index is 0.304. The molecule has 18 heavy (non-hydrogen) atoms. The number of hydrogen-bond acceptors (Lipinski definition) is 2. The largest absolute Gasteiger partial charge is 0.415 e. The monoisotopic (exact) mass is 268 g/mol. The van der Waals surface area contributed by atoms with Crippen LogP contribution in [0.1, 0.15) is 47.0 Å². The maximum absolute atomic E-state index is 12.5. The summed E-state index contributed by atoms with van der Waals surface area (Å²) in [6.45, 7) is 6.52. The number of amides is 1. The molecule has 0 aromatic carbocycles. The molecule has 3 N–H and O–H groups in total. The molecule has 3 nitrogen and oxygen atoms in total. The van der Waals surface area contributed by atoms with Crippen LogP contribution >= 0.6 is 0 Å². The number of carbonyl (C=O) groups is 1. The first-order chi connectivity index (χ1) is 7.98. The van der Waals surface area contributed by atoms with Crippen molar-refractivity contribution < 1.29 is 18.0 Å². The highest BCUT2D eigenvalue weighted by atomic mass is 19.4. The lowest BCUT2D eigenvalue weighted by Gasteiger charge is -2.28. The van der Waals surface area contributed by atoms with Gasteiger partial charge in [-0.15, -0.1) is 0 Å². The third kappa shape index (κ3) is 5.25. The second-order valence-corrected chi connectivity index (χ2v) is 5.40. The summed E-state index contributed by atoms with van der Waals surface area (Å²) >= 11 is 0. The van der Waals surface area contributed by atoms with E-state index in [0.717, 1.165) is 12.8 Å². The predicted molar refractivity (Wildman–Crippen MR) is 64.9 cm³/mol. The molecule has 0 spiro atoms. The van der Waals surface area contributed by atoms with Gasteiger partial charge in [-0.1, -0.05) is 26.7 Å². The van der Waals surface area contributed by atoms with E-state index in [4.69, 9.17) is 5.73 Å². The van der Waals surface area contributed by atoms with Crippen molar-refractivity contribution in [3.8, 4) is 0 Å². The number of halogens is 3. The van der Waals surface area contributed by atoms with Crippen molar-refractivity contribution >= 4 is 5.91 Å². The number of nitrogens with two attached hydrogens (primary N) is 1. The van der Waals surface area contributed by atoms with Gasteiger partial charge in [-0.25, -0.2) is 0 Å². The van der Waals surface area contributed by atoms with E-state index in [2.05, 4.69) is 19.2 Å². The average Bonchev–Trinajstić information content (AvgIpc) is 2.14. The summed E-state index contributed by atoms with van der Waals surface area (Å²) in [5, 5.41) is 2.32. The van der Waals surface area contributed by atoms with Gasteiger partial charge < -0.3 is 11.1 Å². The molecule has 108 valence electrons. The summed E-state index contributed by atoms with van der Waals surface area (Å²) in [4.78, 5) is 11.5. The highest BCUT2D eigenvalue weighted by Gasteiger charge is 2.54.